The van der Waals surface area contributed by atoms with Crippen LogP contribution in [-0.2, 0) is 19.1 Å². The highest BCUT2D eigenvalue weighted by Crippen LogP contribution is 2.39. The number of ether oxygens (including phenoxy) is 2. The van der Waals surface area contributed by atoms with Gasteiger partial charge in [-0.3, -0.25) is 9.59 Å². The van der Waals surface area contributed by atoms with E-state index in [9.17, 15) is 9.59 Å². The van der Waals surface area contributed by atoms with Gasteiger partial charge in [-0.2, -0.15) is 0 Å². The van der Waals surface area contributed by atoms with Crippen LogP contribution in [0.25, 0.3) is 0 Å². The first kappa shape index (κ1) is 21.9. The van der Waals surface area contributed by atoms with Gasteiger partial charge < -0.3 is 9.47 Å². The van der Waals surface area contributed by atoms with E-state index in [0.717, 1.165) is 0 Å². The Bertz CT molecular complexity index is 368. The van der Waals surface area contributed by atoms with E-state index in [0.29, 0.717) is 12.8 Å². The molecule has 0 unspecified atom stereocenters. The third-order valence-corrected chi connectivity index (χ3v) is 3.09. The van der Waals surface area contributed by atoms with Crippen LogP contribution in [0.3, 0.4) is 0 Å². The standard InChI is InChI=1S/C19H36O4/c1-13(2)11-19(12-14(3)4,15(20)22-17(5,6)7)16(21)23-18(8,9)10/h13-14H,11-12H2,1-10H3. The minimum Gasteiger partial charge on any atom is -0.459 e. The Balaban J connectivity index is 5.85. The van der Waals surface area contributed by atoms with Gasteiger partial charge in [-0.1, -0.05) is 27.7 Å². The maximum absolute atomic E-state index is 13.0. The SMILES string of the molecule is CC(C)CC(CC(C)C)(C(=O)OC(C)(C)C)C(=O)OC(C)(C)C. The Morgan fingerprint density at radius 1 is 0.696 bits per heavy atom. The maximum atomic E-state index is 13.0. The summed E-state index contributed by atoms with van der Waals surface area (Å²) in [6.45, 7) is 18.9. The fraction of sp³-hybridized carbons (Fsp3) is 0.895. The van der Waals surface area contributed by atoms with Crippen molar-refractivity contribution in [2.75, 3.05) is 0 Å². The van der Waals surface area contributed by atoms with Crippen molar-refractivity contribution in [2.24, 2.45) is 17.3 Å². The van der Waals surface area contributed by atoms with Gasteiger partial charge in [-0.15, -0.1) is 0 Å². The van der Waals surface area contributed by atoms with Crippen LogP contribution in [-0.4, -0.2) is 23.1 Å². The van der Waals surface area contributed by atoms with Crippen LogP contribution in [0.5, 0.6) is 0 Å². The van der Waals surface area contributed by atoms with Crippen LogP contribution in [0.4, 0.5) is 0 Å². The second-order valence-electron chi connectivity index (χ2n) is 9.28. The Morgan fingerprint density at radius 3 is 1.13 bits per heavy atom. The van der Waals surface area contributed by atoms with Crippen molar-refractivity contribution >= 4 is 11.9 Å². The topological polar surface area (TPSA) is 52.6 Å². The molecule has 0 aromatic carbocycles. The predicted molar refractivity (Wildman–Crippen MR) is 93.0 cm³/mol. The molecule has 0 aromatic heterocycles. The lowest BCUT2D eigenvalue weighted by molar-refractivity contribution is -0.188. The Labute approximate surface area is 142 Å². The Morgan fingerprint density at radius 2 is 0.957 bits per heavy atom. The second kappa shape index (κ2) is 7.67. The Hall–Kier alpha value is -1.06. The van der Waals surface area contributed by atoms with Gasteiger partial charge in [0, 0.05) is 0 Å². The lowest BCUT2D eigenvalue weighted by atomic mass is 9.74. The van der Waals surface area contributed by atoms with Gasteiger partial charge in [-0.25, -0.2) is 0 Å². The molecular formula is C19H36O4. The molecule has 0 radical (unpaired) electrons. The van der Waals surface area contributed by atoms with Crippen LogP contribution in [0.1, 0.15) is 82.1 Å². The largest absolute Gasteiger partial charge is 0.459 e. The van der Waals surface area contributed by atoms with E-state index >= 15 is 0 Å². The zero-order valence-electron chi connectivity index (χ0n) is 16.7. The van der Waals surface area contributed by atoms with E-state index in [-0.39, 0.29) is 11.8 Å². The molecule has 0 rings (SSSR count). The molecule has 0 aromatic rings. The van der Waals surface area contributed by atoms with Crippen molar-refractivity contribution in [1.82, 2.24) is 0 Å². The fourth-order valence-electron chi connectivity index (χ4n) is 2.65. The van der Waals surface area contributed by atoms with Gasteiger partial charge in [0.2, 0.25) is 0 Å². The summed E-state index contributed by atoms with van der Waals surface area (Å²) in [5.41, 5.74) is -2.53. The quantitative estimate of drug-likeness (QED) is 0.521. The zero-order valence-corrected chi connectivity index (χ0v) is 16.7. The zero-order chi connectivity index (χ0) is 18.6. The maximum Gasteiger partial charge on any atom is 0.324 e. The highest BCUT2D eigenvalue weighted by Gasteiger charge is 2.51. The monoisotopic (exact) mass is 328 g/mol. The molecule has 0 atom stereocenters. The van der Waals surface area contributed by atoms with Crippen LogP contribution in [0, 0.1) is 17.3 Å². The average molecular weight is 328 g/mol. The molecule has 136 valence electrons. The molecule has 0 spiro atoms. The average Bonchev–Trinajstić information content (AvgIpc) is 2.21. The third-order valence-electron chi connectivity index (χ3n) is 3.09. The van der Waals surface area contributed by atoms with E-state index in [4.69, 9.17) is 9.47 Å². The van der Waals surface area contributed by atoms with E-state index in [2.05, 4.69) is 0 Å². The molecule has 0 heterocycles. The number of carbonyl (C=O) groups is 2. The number of hydrogen-bond acceptors (Lipinski definition) is 4. The minimum atomic E-state index is -1.25. The molecule has 0 saturated heterocycles. The number of esters is 2. The van der Waals surface area contributed by atoms with Gasteiger partial charge in [-0.05, 0) is 66.2 Å². The summed E-state index contributed by atoms with van der Waals surface area (Å²) in [5, 5.41) is 0. The summed E-state index contributed by atoms with van der Waals surface area (Å²) in [7, 11) is 0. The van der Waals surface area contributed by atoms with E-state index in [1.54, 1.807) is 0 Å². The van der Waals surface area contributed by atoms with Crippen LogP contribution in [0.15, 0.2) is 0 Å². The first-order valence-corrected chi connectivity index (χ1v) is 8.56. The Kier molecular flexibility index (Phi) is 7.32. The fourth-order valence-corrected chi connectivity index (χ4v) is 2.65. The molecule has 0 saturated carbocycles. The van der Waals surface area contributed by atoms with Crippen LogP contribution in [0.2, 0.25) is 0 Å². The minimum absolute atomic E-state index is 0.175. The number of hydrogen-bond donors (Lipinski definition) is 0. The molecule has 4 nitrogen and oxygen atoms in total. The van der Waals surface area contributed by atoms with Gasteiger partial charge in [0.05, 0.1) is 0 Å². The summed E-state index contributed by atoms with van der Waals surface area (Å²) in [5.74, 6) is -0.592. The molecule has 0 N–H and O–H groups in total. The molecule has 4 heteroatoms. The summed E-state index contributed by atoms with van der Waals surface area (Å²) in [4.78, 5) is 25.9. The van der Waals surface area contributed by atoms with Crippen molar-refractivity contribution in [3.63, 3.8) is 0 Å². The van der Waals surface area contributed by atoms with Gasteiger partial charge in [0.25, 0.3) is 0 Å². The molecular weight excluding hydrogens is 292 g/mol. The van der Waals surface area contributed by atoms with Crippen molar-refractivity contribution < 1.29 is 19.1 Å². The summed E-state index contributed by atoms with van der Waals surface area (Å²) < 4.78 is 11.2. The highest BCUT2D eigenvalue weighted by atomic mass is 16.6. The summed E-state index contributed by atoms with van der Waals surface area (Å²) >= 11 is 0. The van der Waals surface area contributed by atoms with E-state index in [1.165, 1.54) is 0 Å². The summed E-state index contributed by atoms with van der Waals surface area (Å²) in [6.07, 6.45) is 0.851. The number of rotatable bonds is 6. The molecule has 0 fully saturated rings. The van der Waals surface area contributed by atoms with Crippen LogP contribution >= 0.6 is 0 Å². The van der Waals surface area contributed by atoms with Gasteiger partial charge in [0.1, 0.15) is 11.2 Å². The summed E-state index contributed by atoms with van der Waals surface area (Å²) in [6, 6.07) is 0. The first-order chi connectivity index (χ1) is 10.1. The second-order valence-corrected chi connectivity index (χ2v) is 9.28. The van der Waals surface area contributed by atoms with Gasteiger partial charge >= 0.3 is 11.9 Å². The first-order valence-electron chi connectivity index (χ1n) is 8.56. The molecule has 0 aliphatic carbocycles. The van der Waals surface area contributed by atoms with Crippen molar-refractivity contribution in [3.8, 4) is 0 Å². The van der Waals surface area contributed by atoms with Crippen molar-refractivity contribution in [1.29, 1.82) is 0 Å². The molecule has 23 heavy (non-hydrogen) atoms. The molecule has 0 aliphatic rings. The molecule has 0 bridgehead atoms. The third kappa shape index (κ3) is 7.85. The number of carbonyl (C=O) groups excluding carboxylic acids is 2. The van der Waals surface area contributed by atoms with Crippen molar-refractivity contribution in [3.05, 3.63) is 0 Å². The lowest BCUT2D eigenvalue weighted by Crippen LogP contribution is -2.48. The predicted octanol–water partition coefficient (Wildman–Crippen LogP) is 4.75. The van der Waals surface area contributed by atoms with E-state index < -0.39 is 28.6 Å². The van der Waals surface area contributed by atoms with Gasteiger partial charge in [0.15, 0.2) is 5.41 Å². The normalized spacial score (nSPS) is 13.4. The molecule has 0 amide bonds. The smallest absolute Gasteiger partial charge is 0.324 e. The van der Waals surface area contributed by atoms with Crippen molar-refractivity contribution in [2.45, 2.75) is 93.3 Å². The highest BCUT2D eigenvalue weighted by molar-refractivity contribution is 6.00. The lowest BCUT2D eigenvalue weighted by Gasteiger charge is -2.36. The van der Waals surface area contributed by atoms with E-state index in [1.807, 2.05) is 69.2 Å². The molecule has 0 aliphatic heterocycles. The van der Waals surface area contributed by atoms with Crippen LogP contribution < -0.4 is 0 Å².